The van der Waals surface area contributed by atoms with Gasteiger partial charge >= 0.3 is 0 Å². The van der Waals surface area contributed by atoms with Crippen molar-refractivity contribution in [2.75, 3.05) is 14.2 Å². The van der Waals surface area contributed by atoms with E-state index in [2.05, 4.69) is 22.3 Å². The van der Waals surface area contributed by atoms with Crippen LogP contribution in [0.1, 0.15) is 11.4 Å². The normalized spacial score (nSPS) is 11.2. The lowest BCUT2D eigenvalue weighted by Crippen LogP contribution is -2.18. The first kappa shape index (κ1) is 15.0. The fourth-order valence-electron chi connectivity index (χ4n) is 1.78. The Balaban J connectivity index is 1.98. The maximum absolute atomic E-state index is 5.19. The lowest BCUT2D eigenvalue weighted by Gasteiger charge is -2.12. The van der Waals surface area contributed by atoms with Gasteiger partial charge in [0.15, 0.2) is 11.4 Å². The quantitative estimate of drug-likeness (QED) is 0.579. The number of aromatic nitrogens is 3. The minimum absolute atomic E-state index is 0.287. The van der Waals surface area contributed by atoms with E-state index in [0.717, 1.165) is 16.7 Å². The van der Waals surface area contributed by atoms with Gasteiger partial charge in [0, 0.05) is 27.0 Å². The number of methoxy groups -OCH3 is 2. The molecule has 1 heterocycles. The highest BCUT2D eigenvalue weighted by atomic mass is 32.2. The van der Waals surface area contributed by atoms with Crippen molar-refractivity contribution in [3.05, 3.63) is 41.7 Å². The van der Waals surface area contributed by atoms with E-state index in [0.29, 0.717) is 6.42 Å². The summed E-state index contributed by atoms with van der Waals surface area (Å²) in [7, 11) is 5.20. The summed E-state index contributed by atoms with van der Waals surface area (Å²) in [6.45, 7) is 0. The number of benzene rings is 1. The summed E-state index contributed by atoms with van der Waals surface area (Å²) in [5.41, 5.74) is 1.27. The number of hydrogen-bond acceptors (Lipinski definition) is 5. The molecule has 2 aromatic rings. The SMILES string of the molecule is COC(Cc1nnc(SCc2ccccc2)n1C)OC. The van der Waals surface area contributed by atoms with Gasteiger partial charge in [0.1, 0.15) is 5.82 Å². The minimum Gasteiger partial charge on any atom is -0.355 e. The van der Waals surface area contributed by atoms with Gasteiger partial charge < -0.3 is 14.0 Å². The minimum atomic E-state index is -0.287. The van der Waals surface area contributed by atoms with Crippen LogP contribution in [0.25, 0.3) is 0 Å². The second kappa shape index (κ2) is 7.42. The van der Waals surface area contributed by atoms with E-state index >= 15 is 0 Å². The zero-order chi connectivity index (χ0) is 14.4. The smallest absolute Gasteiger partial charge is 0.191 e. The predicted molar refractivity (Wildman–Crippen MR) is 78.5 cm³/mol. The maximum atomic E-state index is 5.19. The molecule has 5 nitrogen and oxygen atoms in total. The van der Waals surface area contributed by atoms with Gasteiger partial charge in [0.25, 0.3) is 0 Å². The van der Waals surface area contributed by atoms with Crippen LogP contribution in [0.2, 0.25) is 0 Å². The number of nitrogens with zero attached hydrogens (tertiary/aromatic N) is 3. The molecule has 20 heavy (non-hydrogen) atoms. The first-order valence-electron chi connectivity index (χ1n) is 6.35. The van der Waals surface area contributed by atoms with Crippen LogP contribution in [0.15, 0.2) is 35.5 Å². The van der Waals surface area contributed by atoms with Crippen LogP contribution >= 0.6 is 11.8 Å². The van der Waals surface area contributed by atoms with Gasteiger partial charge in [-0.3, -0.25) is 0 Å². The number of ether oxygens (including phenoxy) is 2. The molecule has 2 rings (SSSR count). The molecule has 1 aromatic heterocycles. The van der Waals surface area contributed by atoms with Gasteiger partial charge in [-0.05, 0) is 5.56 Å². The molecule has 0 aliphatic carbocycles. The lowest BCUT2D eigenvalue weighted by molar-refractivity contribution is -0.102. The van der Waals surface area contributed by atoms with Gasteiger partial charge in [0.2, 0.25) is 0 Å². The molecule has 0 spiro atoms. The van der Waals surface area contributed by atoms with Crippen molar-refractivity contribution in [1.82, 2.24) is 14.8 Å². The van der Waals surface area contributed by atoms with E-state index in [9.17, 15) is 0 Å². The number of rotatable bonds is 7. The highest BCUT2D eigenvalue weighted by Gasteiger charge is 2.14. The fourth-order valence-corrected chi connectivity index (χ4v) is 2.67. The highest BCUT2D eigenvalue weighted by molar-refractivity contribution is 7.98. The molecular formula is C14H19N3O2S. The molecular weight excluding hydrogens is 274 g/mol. The molecule has 0 radical (unpaired) electrons. The van der Waals surface area contributed by atoms with Gasteiger partial charge in [-0.1, -0.05) is 42.1 Å². The van der Waals surface area contributed by atoms with Crippen LogP contribution < -0.4 is 0 Å². The Labute approximate surface area is 123 Å². The van der Waals surface area contributed by atoms with Crippen molar-refractivity contribution in [3.8, 4) is 0 Å². The van der Waals surface area contributed by atoms with E-state index in [1.807, 2.05) is 29.8 Å². The van der Waals surface area contributed by atoms with Crippen LogP contribution in [0.4, 0.5) is 0 Å². The Hall–Kier alpha value is -1.37. The molecule has 0 saturated carbocycles. The van der Waals surface area contributed by atoms with Crippen molar-refractivity contribution in [2.24, 2.45) is 7.05 Å². The molecule has 0 N–H and O–H groups in total. The Kier molecular flexibility index (Phi) is 5.58. The average Bonchev–Trinajstić information content (AvgIpc) is 2.84. The van der Waals surface area contributed by atoms with E-state index in [1.54, 1.807) is 26.0 Å². The highest BCUT2D eigenvalue weighted by Crippen LogP contribution is 2.21. The van der Waals surface area contributed by atoms with Gasteiger partial charge in [-0.15, -0.1) is 10.2 Å². The molecule has 0 bridgehead atoms. The molecule has 0 unspecified atom stereocenters. The van der Waals surface area contributed by atoms with Gasteiger partial charge in [-0.25, -0.2) is 0 Å². The monoisotopic (exact) mass is 293 g/mol. The molecule has 1 aromatic carbocycles. The second-order valence-electron chi connectivity index (χ2n) is 4.34. The van der Waals surface area contributed by atoms with Crippen LogP contribution in [-0.4, -0.2) is 35.3 Å². The molecule has 108 valence electrons. The molecule has 0 saturated heterocycles. The molecule has 0 atom stereocenters. The zero-order valence-corrected chi connectivity index (χ0v) is 12.8. The molecule has 0 aliphatic heterocycles. The van der Waals surface area contributed by atoms with Gasteiger partial charge in [-0.2, -0.15) is 0 Å². The Bertz CT molecular complexity index is 526. The summed E-state index contributed by atoms with van der Waals surface area (Å²) in [5, 5.41) is 9.31. The number of thioether (sulfide) groups is 1. The molecule has 0 aliphatic rings. The van der Waals surface area contributed by atoms with Crippen LogP contribution in [0, 0.1) is 0 Å². The van der Waals surface area contributed by atoms with Crippen molar-refractivity contribution >= 4 is 11.8 Å². The Morgan fingerprint density at radius 2 is 1.85 bits per heavy atom. The fraction of sp³-hybridized carbons (Fsp3) is 0.429. The van der Waals surface area contributed by atoms with E-state index in [-0.39, 0.29) is 6.29 Å². The second-order valence-corrected chi connectivity index (χ2v) is 5.28. The van der Waals surface area contributed by atoms with Crippen molar-refractivity contribution in [3.63, 3.8) is 0 Å². The molecule has 6 heteroatoms. The van der Waals surface area contributed by atoms with Crippen LogP contribution in [0.3, 0.4) is 0 Å². The molecule has 0 fully saturated rings. The maximum Gasteiger partial charge on any atom is 0.191 e. The third-order valence-corrected chi connectivity index (χ3v) is 4.10. The topological polar surface area (TPSA) is 49.2 Å². The molecule has 0 amide bonds. The zero-order valence-electron chi connectivity index (χ0n) is 11.9. The third-order valence-electron chi connectivity index (χ3n) is 3.01. The summed E-state index contributed by atoms with van der Waals surface area (Å²) in [6.07, 6.45) is 0.299. The summed E-state index contributed by atoms with van der Waals surface area (Å²) >= 11 is 1.67. The Morgan fingerprint density at radius 1 is 1.15 bits per heavy atom. The van der Waals surface area contributed by atoms with E-state index in [4.69, 9.17) is 9.47 Å². The van der Waals surface area contributed by atoms with Crippen molar-refractivity contribution < 1.29 is 9.47 Å². The van der Waals surface area contributed by atoms with Crippen LogP contribution in [-0.2, 0) is 28.7 Å². The summed E-state index contributed by atoms with van der Waals surface area (Å²) < 4.78 is 12.4. The summed E-state index contributed by atoms with van der Waals surface area (Å²) in [5.74, 6) is 1.74. The first-order valence-corrected chi connectivity index (χ1v) is 7.33. The number of hydrogen-bond donors (Lipinski definition) is 0. The van der Waals surface area contributed by atoms with Crippen LogP contribution in [0.5, 0.6) is 0 Å². The van der Waals surface area contributed by atoms with Gasteiger partial charge in [0.05, 0.1) is 6.42 Å². The summed E-state index contributed by atoms with van der Waals surface area (Å²) in [4.78, 5) is 0. The third kappa shape index (κ3) is 3.82. The largest absolute Gasteiger partial charge is 0.355 e. The van der Waals surface area contributed by atoms with E-state index < -0.39 is 0 Å². The average molecular weight is 293 g/mol. The van der Waals surface area contributed by atoms with Crippen molar-refractivity contribution in [2.45, 2.75) is 23.6 Å². The first-order chi connectivity index (χ1) is 9.74. The van der Waals surface area contributed by atoms with Crippen molar-refractivity contribution in [1.29, 1.82) is 0 Å². The predicted octanol–water partition coefficient (Wildman–Crippen LogP) is 2.27. The lowest BCUT2D eigenvalue weighted by atomic mass is 10.2. The standard InChI is InChI=1S/C14H19N3O2S/c1-17-12(9-13(18-2)19-3)15-16-14(17)20-10-11-7-5-4-6-8-11/h4-8,13H,9-10H2,1-3H3. The summed E-state index contributed by atoms with van der Waals surface area (Å²) in [6, 6.07) is 10.3. The van der Waals surface area contributed by atoms with E-state index in [1.165, 1.54) is 5.56 Å². The Morgan fingerprint density at radius 3 is 2.50 bits per heavy atom.